The molecule has 128 valence electrons. The third-order valence-electron chi connectivity index (χ3n) is 3.47. The number of aryl methyl sites for hydroxylation is 2. The molecule has 6 nitrogen and oxygen atoms in total. The number of thiophene rings is 2. The highest BCUT2D eigenvalue weighted by atomic mass is 32.1. The summed E-state index contributed by atoms with van der Waals surface area (Å²) in [6, 6.07) is 15.6. The minimum Gasteiger partial charge on any atom is -0.275 e. The molecule has 0 unspecified atom stereocenters. The van der Waals surface area contributed by atoms with Gasteiger partial charge in [0.15, 0.2) is 0 Å². The fourth-order valence-corrected chi connectivity index (χ4v) is 3.86. The highest BCUT2D eigenvalue weighted by Crippen LogP contribution is 2.27. The average molecular weight is 378 g/mol. The summed E-state index contributed by atoms with van der Waals surface area (Å²) in [6.45, 7) is 0. The lowest BCUT2D eigenvalue weighted by molar-refractivity contribution is 0.771. The maximum Gasteiger partial charge on any atom is 0.110 e. The van der Waals surface area contributed by atoms with E-state index in [4.69, 9.17) is 10.5 Å². The Morgan fingerprint density at radius 1 is 0.885 bits per heavy atom. The van der Waals surface area contributed by atoms with E-state index in [-0.39, 0.29) is 0 Å². The van der Waals surface area contributed by atoms with Crippen LogP contribution < -0.4 is 0 Å². The lowest BCUT2D eigenvalue weighted by Gasteiger charge is -1.95. The number of nitriles is 2. The predicted molar refractivity (Wildman–Crippen MR) is 102 cm³/mol. The Hall–Kier alpha value is -3.20. The van der Waals surface area contributed by atoms with Crippen molar-refractivity contribution in [2.75, 3.05) is 0 Å². The van der Waals surface area contributed by atoms with E-state index in [1.54, 1.807) is 15.6 Å². The van der Waals surface area contributed by atoms with Crippen LogP contribution in [0.1, 0.15) is 9.75 Å². The maximum absolute atomic E-state index is 8.66. The van der Waals surface area contributed by atoms with Gasteiger partial charge in [0, 0.05) is 26.5 Å². The molecule has 4 aromatic rings. The lowest BCUT2D eigenvalue weighted by atomic mass is 10.3. The molecule has 4 rings (SSSR count). The fraction of sp³-hybridized carbons (Fsp3) is 0.111. The quantitative estimate of drug-likeness (QED) is 0.527. The molecule has 0 N–H and O–H groups in total. The smallest absolute Gasteiger partial charge is 0.110 e. The number of hydrogen-bond acceptors (Lipinski definition) is 6. The second kappa shape index (κ2) is 7.79. The van der Waals surface area contributed by atoms with E-state index in [0.29, 0.717) is 0 Å². The van der Waals surface area contributed by atoms with Crippen LogP contribution in [0.25, 0.3) is 21.1 Å². The molecule has 8 heteroatoms. The summed E-state index contributed by atoms with van der Waals surface area (Å²) in [5, 5.41) is 25.6. The standard InChI is InChI=1S/2C9H7N3S/c1-12-5-4-8(11-12)9-3-2-7(6-10)13-9;1-12-8(4-5-11-12)9-3-2-7(6-10)13-9/h2*2-5H,1H3. The molecule has 0 saturated carbocycles. The summed E-state index contributed by atoms with van der Waals surface area (Å²) in [7, 11) is 3.77. The Bertz CT molecular complexity index is 1100. The molecule has 0 amide bonds. The molecule has 0 aliphatic heterocycles. The first kappa shape index (κ1) is 17.6. The summed E-state index contributed by atoms with van der Waals surface area (Å²) in [4.78, 5) is 3.57. The molecule has 0 bridgehead atoms. The zero-order valence-corrected chi connectivity index (χ0v) is 15.8. The highest BCUT2D eigenvalue weighted by molar-refractivity contribution is 7.16. The Morgan fingerprint density at radius 3 is 2.04 bits per heavy atom. The van der Waals surface area contributed by atoms with Gasteiger partial charge in [-0.05, 0) is 36.4 Å². The van der Waals surface area contributed by atoms with Crippen LogP contribution in [-0.2, 0) is 14.1 Å². The van der Waals surface area contributed by atoms with Crippen LogP contribution >= 0.6 is 22.7 Å². The second-order valence-corrected chi connectivity index (χ2v) is 7.43. The summed E-state index contributed by atoms with van der Waals surface area (Å²) < 4.78 is 3.55. The Labute approximate surface area is 158 Å². The van der Waals surface area contributed by atoms with Gasteiger partial charge in [-0.2, -0.15) is 20.7 Å². The van der Waals surface area contributed by atoms with Crippen molar-refractivity contribution in [3.05, 3.63) is 58.5 Å². The number of hydrogen-bond donors (Lipinski definition) is 0. The molecule has 0 aliphatic rings. The monoisotopic (exact) mass is 378 g/mol. The van der Waals surface area contributed by atoms with E-state index in [2.05, 4.69) is 22.3 Å². The van der Waals surface area contributed by atoms with Gasteiger partial charge in [0.1, 0.15) is 27.6 Å². The summed E-state index contributed by atoms with van der Waals surface area (Å²) in [5.41, 5.74) is 1.97. The SMILES string of the molecule is Cn1ccc(-c2ccc(C#N)s2)n1.Cn1nccc1-c1ccc(C#N)s1. The molecule has 0 aromatic carbocycles. The van der Waals surface area contributed by atoms with Crippen molar-refractivity contribution in [3.8, 4) is 33.3 Å². The number of nitrogens with zero attached hydrogens (tertiary/aromatic N) is 6. The summed E-state index contributed by atoms with van der Waals surface area (Å²) >= 11 is 2.95. The first-order valence-corrected chi connectivity index (χ1v) is 9.22. The molecule has 0 radical (unpaired) electrons. The van der Waals surface area contributed by atoms with E-state index in [9.17, 15) is 0 Å². The second-order valence-electron chi connectivity index (χ2n) is 5.27. The third-order valence-corrected chi connectivity index (χ3v) is 5.50. The summed E-state index contributed by atoms with van der Waals surface area (Å²) in [6.07, 6.45) is 3.64. The van der Waals surface area contributed by atoms with E-state index in [1.165, 1.54) is 22.7 Å². The molecule has 0 saturated heterocycles. The zero-order valence-electron chi connectivity index (χ0n) is 14.1. The fourth-order valence-electron chi connectivity index (χ4n) is 2.23. The first-order chi connectivity index (χ1) is 12.6. The van der Waals surface area contributed by atoms with Crippen molar-refractivity contribution in [1.82, 2.24) is 19.6 Å². The van der Waals surface area contributed by atoms with Crippen molar-refractivity contribution in [1.29, 1.82) is 10.5 Å². The van der Waals surface area contributed by atoms with Gasteiger partial charge >= 0.3 is 0 Å². The molecular weight excluding hydrogens is 364 g/mol. The van der Waals surface area contributed by atoms with Gasteiger partial charge in [-0.15, -0.1) is 22.7 Å². The van der Waals surface area contributed by atoms with Crippen molar-refractivity contribution in [3.63, 3.8) is 0 Å². The van der Waals surface area contributed by atoms with Crippen LogP contribution in [0.4, 0.5) is 0 Å². The number of aromatic nitrogens is 4. The number of rotatable bonds is 2. The minimum absolute atomic E-state index is 0.723. The average Bonchev–Trinajstić information content (AvgIpc) is 3.42. The van der Waals surface area contributed by atoms with Gasteiger partial charge in [0.25, 0.3) is 0 Å². The van der Waals surface area contributed by atoms with Crippen molar-refractivity contribution >= 4 is 22.7 Å². The third kappa shape index (κ3) is 3.89. The van der Waals surface area contributed by atoms with Gasteiger partial charge < -0.3 is 0 Å². The van der Waals surface area contributed by atoms with Crippen molar-refractivity contribution in [2.24, 2.45) is 14.1 Å². The van der Waals surface area contributed by atoms with Gasteiger partial charge in [-0.25, -0.2) is 0 Å². The molecular formula is C18H14N6S2. The predicted octanol–water partition coefficient (Wildman–Crippen LogP) is 4.04. The Morgan fingerprint density at radius 2 is 1.54 bits per heavy atom. The highest BCUT2D eigenvalue weighted by Gasteiger charge is 2.05. The zero-order chi connectivity index (χ0) is 18.5. The molecule has 0 spiro atoms. The first-order valence-electron chi connectivity index (χ1n) is 7.59. The lowest BCUT2D eigenvalue weighted by Crippen LogP contribution is -1.90. The van der Waals surface area contributed by atoms with Crippen LogP contribution in [0, 0.1) is 22.7 Å². The van der Waals surface area contributed by atoms with Crippen LogP contribution in [0.2, 0.25) is 0 Å². The largest absolute Gasteiger partial charge is 0.275 e. The van der Waals surface area contributed by atoms with E-state index in [1.807, 2.05) is 56.7 Å². The van der Waals surface area contributed by atoms with Crippen LogP contribution in [0.5, 0.6) is 0 Å². The molecule has 4 heterocycles. The van der Waals surface area contributed by atoms with E-state index < -0.39 is 0 Å². The topological polar surface area (TPSA) is 83.2 Å². The normalized spacial score (nSPS) is 9.85. The van der Waals surface area contributed by atoms with Gasteiger partial charge in [0.2, 0.25) is 0 Å². The maximum atomic E-state index is 8.66. The van der Waals surface area contributed by atoms with E-state index >= 15 is 0 Å². The van der Waals surface area contributed by atoms with E-state index in [0.717, 1.165) is 30.9 Å². The molecule has 4 aromatic heterocycles. The van der Waals surface area contributed by atoms with Crippen LogP contribution in [0.15, 0.2) is 48.8 Å². The van der Waals surface area contributed by atoms with Gasteiger partial charge in [0.05, 0.1) is 15.4 Å². The Balaban J connectivity index is 0.000000151. The van der Waals surface area contributed by atoms with Crippen LogP contribution in [-0.4, -0.2) is 19.6 Å². The Kier molecular flexibility index (Phi) is 5.28. The van der Waals surface area contributed by atoms with Crippen molar-refractivity contribution in [2.45, 2.75) is 0 Å². The molecule has 26 heavy (non-hydrogen) atoms. The molecule has 0 atom stereocenters. The van der Waals surface area contributed by atoms with Gasteiger partial charge in [-0.3, -0.25) is 9.36 Å². The minimum atomic E-state index is 0.723. The summed E-state index contributed by atoms with van der Waals surface area (Å²) in [5.74, 6) is 0. The van der Waals surface area contributed by atoms with Gasteiger partial charge in [-0.1, -0.05) is 0 Å². The molecule has 0 fully saturated rings. The molecule has 0 aliphatic carbocycles. The van der Waals surface area contributed by atoms with Crippen LogP contribution in [0.3, 0.4) is 0 Å². The van der Waals surface area contributed by atoms with Crippen molar-refractivity contribution < 1.29 is 0 Å².